The van der Waals surface area contributed by atoms with E-state index in [2.05, 4.69) is 15.6 Å². The number of aromatic amines is 1. The van der Waals surface area contributed by atoms with E-state index in [0.717, 1.165) is 37.8 Å². The maximum atomic E-state index is 14.4. The van der Waals surface area contributed by atoms with Crippen molar-refractivity contribution in [3.8, 4) is 0 Å². The summed E-state index contributed by atoms with van der Waals surface area (Å²) in [5.41, 5.74) is -0.732. The van der Waals surface area contributed by atoms with Crippen LogP contribution in [0.4, 0.5) is 22.4 Å². The number of benzene rings is 2. The van der Waals surface area contributed by atoms with Crippen molar-refractivity contribution in [3.05, 3.63) is 105 Å². The van der Waals surface area contributed by atoms with E-state index in [4.69, 9.17) is 0 Å². The van der Waals surface area contributed by atoms with Crippen LogP contribution in [0.1, 0.15) is 60.0 Å². The van der Waals surface area contributed by atoms with Gasteiger partial charge in [0.1, 0.15) is 5.82 Å². The molecule has 2 unspecified atom stereocenters. The van der Waals surface area contributed by atoms with Crippen molar-refractivity contribution >= 4 is 6.03 Å². The third kappa shape index (κ3) is 6.09. The van der Waals surface area contributed by atoms with Crippen LogP contribution in [-0.4, -0.2) is 17.1 Å². The number of hydrogen-bond donors (Lipinski definition) is 3. The first-order chi connectivity index (χ1) is 16.7. The van der Waals surface area contributed by atoms with Crippen molar-refractivity contribution in [2.75, 3.05) is 0 Å². The first-order valence-corrected chi connectivity index (χ1v) is 11.4. The van der Waals surface area contributed by atoms with Gasteiger partial charge in [0.2, 0.25) is 5.56 Å². The maximum Gasteiger partial charge on any atom is 0.416 e. The molecule has 5 nitrogen and oxygen atoms in total. The van der Waals surface area contributed by atoms with E-state index >= 15 is 0 Å². The van der Waals surface area contributed by atoms with E-state index in [1.165, 1.54) is 12.1 Å². The number of urea groups is 1. The van der Waals surface area contributed by atoms with Crippen molar-refractivity contribution in [1.29, 1.82) is 0 Å². The molecule has 2 aromatic carbocycles. The molecule has 1 aromatic heterocycles. The van der Waals surface area contributed by atoms with Crippen molar-refractivity contribution in [3.63, 3.8) is 0 Å². The molecule has 1 aliphatic carbocycles. The summed E-state index contributed by atoms with van der Waals surface area (Å²) in [7, 11) is 0. The van der Waals surface area contributed by atoms with Crippen LogP contribution in [0.25, 0.3) is 0 Å². The van der Waals surface area contributed by atoms with Gasteiger partial charge in [0, 0.05) is 23.7 Å². The molecular weight excluding hydrogens is 462 g/mol. The molecule has 0 aliphatic heterocycles. The lowest BCUT2D eigenvalue weighted by Gasteiger charge is -2.30. The second kappa shape index (κ2) is 10.3. The molecule has 1 aliphatic rings. The number of rotatable bonds is 6. The number of hydrogen-bond acceptors (Lipinski definition) is 2. The van der Waals surface area contributed by atoms with Gasteiger partial charge in [0.05, 0.1) is 11.6 Å². The Morgan fingerprint density at radius 2 is 1.66 bits per heavy atom. The number of alkyl halides is 3. The van der Waals surface area contributed by atoms with Crippen LogP contribution in [0, 0.1) is 5.82 Å². The second-order valence-corrected chi connectivity index (χ2v) is 8.71. The number of H-pyrrole nitrogens is 1. The predicted octanol–water partition coefficient (Wildman–Crippen LogP) is 5.65. The number of halogens is 4. The Morgan fingerprint density at radius 3 is 2.31 bits per heavy atom. The minimum absolute atomic E-state index is 0.00773. The average Bonchev–Trinajstić information content (AvgIpc) is 3.31. The van der Waals surface area contributed by atoms with Gasteiger partial charge in [-0.15, -0.1) is 0 Å². The summed E-state index contributed by atoms with van der Waals surface area (Å²) in [6.45, 7) is 0. The Bertz CT molecular complexity index is 1220. The van der Waals surface area contributed by atoms with Gasteiger partial charge in [-0.2, -0.15) is 13.2 Å². The normalized spacial score (nSPS) is 16.0. The Labute approximate surface area is 199 Å². The van der Waals surface area contributed by atoms with Crippen LogP contribution in [0.2, 0.25) is 0 Å². The Balaban J connectivity index is 1.83. The van der Waals surface area contributed by atoms with E-state index < -0.39 is 41.1 Å². The summed E-state index contributed by atoms with van der Waals surface area (Å²) in [6.07, 6.45) is -1.10. The summed E-state index contributed by atoms with van der Waals surface area (Å²) in [5, 5.41) is 5.74. The molecule has 0 radical (unpaired) electrons. The summed E-state index contributed by atoms with van der Waals surface area (Å²) in [5.74, 6) is -1.98. The molecule has 0 bridgehead atoms. The zero-order valence-corrected chi connectivity index (χ0v) is 18.7. The third-order valence-corrected chi connectivity index (χ3v) is 6.20. The predicted molar refractivity (Wildman–Crippen MR) is 123 cm³/mol. The van der Waals surface area contributed by atoms with Gasteiger partial charge in [0.25, 0.3) is 0 Å². The minimum atomic E-state index is -4.76. The Morgan fingerprint density at radius 1 is 0.943 bits per heavy atom. The van der Waals surface area contributed by atoms with Gasteiger partial charge in [-0.05, 0) is 48.2 Å². The highest BCUT2D eigenvalue weighted by Crippen LogP contribution is 2.39. The fourth-order valence-electron chi connectivity index (χ4n) is 4.62. The summed E-state index contributed by atoms with van der Waals surface area (Å²) >= 11 is 0. The lowest BCUT2D eigenvalue weighted by Crippen LogP contribution is -2.44. The average molecular weight is 487 g/mol. The van der Waals surface area contributed by atoms with Gasteiger partial charge in [-0.1, -0.05) is 49.2 Å². The number of nitrogens with one attached hydrogen (secondary N) is 3. The second-order valence-electron chi connectivity index (χ2n) is 8.71. The van der Waals surface area contributed by atoms with Gasteiger partial charge >= 0.3 is 12.2 Å². The lowest BCUT2D eigenvalue weighted by molar-refractivity contribution is -0.137. The van der Waals surface area contributed by atoms with Gasteiger partial charge in [-0.3, -0.25) is 4.79 Å². The number of carbonyl (C=O) groups excluding carboxylic acids is 1. The van der Waals surface area contributed by atoms with Crippen molar-refractivity contribution < 1.29 is 22.4 Å². The quantitative estimate of drug-likeness (QED) is 0.393. The van der Waals surface area contributed by atoms with Crippen molar-refractivity contribution in [2.45, 2.75) is 49.9 Å². The first-order valence-electron chi connectivity index (χ1n) is 11.4. The van der Waals surface area contributed by atoms with Crippen LogP contribution >= 0.6 is 0 Å². The number of carbonyl (C=O) groups is 1. The zero-order valence-electron chi connectivity index (χ0n) is 18.7. The summed E-state index contributed by atoms with van der Waals surface area (Å²) in [4.78, 5) is 27.7. The van der Waals surface area contributed by atoms with E-state index in [9.17, 15) is 27.2 Å². The molecule has 3 N–H and O–H groups in total. The maximum absolute atomic E-state index is 14.4. The van der Waals surface area contributed by atoms with E-state index in [1.807, 2.05) is 0 Å². The highest BCUT2D eigenvalue weighted by Gasteiger charge is 2.35. The van der Waals surface area contributed by atoms with Crippen molar-refractivity contribution in [2.24, 2.45) is 0 Å². The smallest absolute Gasteiger partial charge is 0.335 e. The largest absolute Gasteiger partial charge is 0.416 e. The molecule has 1 heterocycles. The van der Waals surface area contributed by atoms with Crippen LogP contribution in [-0.2, 0) is 6.18 Å². The molecule has 0 saturated heterocycles. The molecule has 35 heavy (non-hydrogen) atoms. The van der Waals surface area contributed by atoms with Gasteiger partial charge in [0.15, 0.2) is 0 Å². The Hall–Kier alpha value is -3.62. The van der Waals surface area contributed by atoms with Crippen molar-refractivity contribution in [1.82, 2.24) is 15.6 Å². The molecule has 1 fully saturated rings. The topological polar surface area (TPSA) is 74.0 Å². The molecule has 0 spiro atoms. The number of aromatic nitrogens is 1. The van der Waals surface area contributed by atoms with Gasteiger partial charge in [-0.25, -0.2) is 9.18 Å². The molecule has 2 amide bonds. The zero-order chi connectivity index (χ0) is 25.0. The Kier molecular flexibility index (Phi) is 7.23. The molecule has 2 atom stereocenters. The molecule has 4 rings (SSSR count). The van der Waals surface area contributed by atoms with Gasteiger partial charge < -0.3 is 15.6 Å². The lowest BCUT2D eigenvalue weighted by atomic mass is 9.82. The van der Waals surface area contributed by atoms with E-state index in [0.29, 0.717) is 11.6 Å². The molecule has 1 saturated carbocycles. The number of pyridine rings is 1. The highest BCUT2D eigenvalue weighted by molar-refractivity contribution is 5.75. The standard InChI is InChI=1S/C26H25F4N3O2/c27-19-14-17(13-18(15-19)26(28,29)30)23(16-7-2-1-3-8-16)24(21-11-6-12-22(34)32-21)33-25(35)31-20-9-4-5-10-20/h1-3,6-8,11-15,20,23-24H,4-5,9-10H2,(H,32,34)(H2,31,33,35). The first kappa shape index (κ1) is 24.5. The van der Waals surface area contributed by atoms with Crippen LogP contribution in [0.15, 0.2) is 71.5 Å². The summed E-state index contributed by atoms with van der Waals surface area (Å²) in [6, 6.07) is 13.7. The fourth-order valence-corrected chi connectivity index (χ4v) is 4.62. The summed E-state index contributed by atoms with van der Waals surface area (Å²) < 4.78 is 55.0. The van der Waals surface area contributed by atoms with Crippen LogP contribution in [0.5, 0.6) is 0 Å². The molecule has 3 aromatic rings. The van der Waals surface area contributed by atoms with Crippen LogP contribution < -0.4 is 16.2 Å². The monoisotopic (exact) mass is 487 g/mol. The van der Waals surface area contributed by atoms with E-state index in [-0.39, 0.29) is 17.3 Å². The minimum Gasteiger partial charge on any atom is -0.335 e. The number of amides is 2. The highest BCUT2D eigenvalue weighted by atomic mass is 19.4. The van der Waals surface area contributed by atoms with E-state index in [1.54, 1.807) is 36.4 Å². The third-order valence-electron chi connectivity index (χ3n) is 6.20. The SMILES string of the molecule is O=C(NC1CCCC1)NC(c1cccc(=O)[nH]1)C(c1ccccc1)c1cc(F)cc(C(F)(F)F)c1. The molecular formula is C26H25F4N3O2. The fraction of sp³-hybridized carbons (Fsp3) is 0.308. The molecule has 9 heteroatoms. The van der Waals surface area contributed by atoms with Crippen LogP contribution in [0.3, 0.4) is 0 Å². The molecule has 184 valence electrons.